The number of amides is 2. The van der Waals surface area contributed by atoms with E-state index in [2.05, 4.69) is 10.6 Å². The third kappa shape index (κ3) is 6.50. The van der Waals surface area contributed by atoms with E-state index in [4.69, 9.17) is 21.4 Å². The van der Waals surface area contributed by atoms with E-state index in [0.29, 0.717) is 17.0 Å². The third-order valence-electron chi connectivity index (χ3n) is 4.62. The van der Waals surface area contributed by atoms with Crippen LogP contribution in [0.5, 0.6) is 5.75 Å². The van der Waals surface area contributed by atoms with E-state index in [1.54, 1.807) is 62.6 Å². The molecule has 0 aromatic heterocycles. The Morgan fingerprint density at radius 2 is 1.58 bits per heavy atom. The smallest absolute Gasteiger partial charge is 0.335 e. The fourth-order valence-electron chi connectivity index (χ4n) is 2.81. The molecule has 2 amide bonds. The van der Waals surface area contributed by atoms with Crippen LogP contribution in [0.15, 0.2) is 71.6 Å². The molecule has 3 rings (SSSR count). The molecule has 170 valence electrons. The van der Waals surface area contributed by atoms with Crippen LogP contribution in [0.4, 0.5) is 11.4 Å². The first kappa shape index (κ1) is 24.2. The van der Waals surface area contributed by atoms with Crippen molar-refractivity contribution in [2.75, 3.05) is 17.7 Å². The van der Waals surface area contributed by atoms with Crippen LogP contribution >= 0.6 is 23.4 Å². The molecule has 3 aromatic rings. The molecule has 0 aliphatic carbocycles. The molecule has 0 heterocycles. The maximum Gasteiger partial charge on any atom is 0.335 e. The van der Waals surface area contributed by atoms with Crippen LogP contribution in [0.25, 0.3) is 0 Å². The Bertz CT molecular complexity index is 1170. The van der Waals surface area contributed by atoms with E-state index in [9.17, 15) is 14.4 Å². The number of hydrogen-bond acceptors (Lipinski definition) is 5. The van der Waals surface area contributed by atoms with Gasteiger partial charge < -0.3 is 20.5 Å². The maximum atomic E-state index is 12.6. The van der Waals surface area contributed by atoms with Gasteiger partial charge in [-0.3, -0.25) is 9.59 Å². The molecule has 0 fully saturated rings. The lowest BCUT2D eigenvalue weighted by molar-refractivity contribution is -0.115. The number of carbonyl (C=O) groups is 3. The second-order valence-electron chi connectivity index (χ2n) is 6.96. The van der Waals surface area contributed by atoms with Crippen LogP contribution in [0.2, 0.25) is 5.02 Å². The van der Waals surface area contributed by atoms with Gasteiger partial charge in [0.05, 0.1) is 28.6 Å². The lowest BCUT2D eigenvalue weighted by Gasteiger charge is -2.14. The average Bonchev–Trinajstić information content (AvgIpc) is 2.81. The van der Waals surface area contributed by atoms with Crippen molar-refractivity contribution in [1.82, 2.24) is 0 Å². The highest BCUT2D eigenvalue weighted by Crippen LogP contribution is 2.28. The Hall–Kier alpha value is -3.49. The molecule has 3 N–H and O–H groups in total. The Morgan fingerprint density at radius 3 is 2.18 bits per heavy atom. The van der Waals surface area contributed by atoms with Crippen LogP contribution in [-0.2, 0) is 4.79 Å². The zero-order chi connectivity index (χ0) is 24.0. The van der Waals surface area contributed by atoms with Crippen molar-refractivity contribution in [1.29, 1.82) is 0 Å². The lowest BCUT2D eigenvalue weighted by atomic mass is 10.2. The summed E-state index contributed by atoms with van der Waals surface area (Å²) < 4.78 is 5.09. The van der Waals surface area contributed by atoms with Gasteiger partial charge in [0.1, 0.15) is 5.75 Å². The second-order valence-corrected chi connectivity index (χ2v) is 8.78. The number of thioether (sulfide) groups is 1. The molecule has 0 aliphatic rings. The number of halogens is 1. The van der Waals surface area contributed by atoms with Crippen molar-refractivity contribution in [2.24, 2.45) is 0 Å². The van der Waals surface area contributed by atoms with Crippen LogP contribution < -0.4 is 15.4 Å². The fourth-order valence-corrected chi connectivity index (χ4v) is 3.84. The number of ether oxygens (including phenoxy) is 1. The number of nitrogens with one attached hydrogen (secondary N) is 2. The van der Waals surface area contributed by atoms with Gasteiger partial charge in [0.15, 0.2) is 0 Å². The van der Waals surface area contributed by atoms with Gasteiger partial charge in [-0.25, -0.2) is 4.79 Å². The maximum absolute atomic E-state index is 12.6. The summed E-state index contributed by atoms with van der Waals surface area (Å²) in [6, 6.07) is 18.0. The van der Waals surface area contributed by atoms with Gasteiger partial charge in [-0.1, -0.05) is 11.6 Å². The van der Waals surface area contributed by atoms with E-state index >= 15 is 0 Å². The van der Waals surface area contributed by atoms with Gasteiger partial charge in [0.2, 0.25) is 5.91 Å². The predicted molar refractivity (Wildman–Crippen MR) is 130 cm³/mol. The molecule has 0 saturated heterocycles. The molecule has 1 unspecified atom stereocenters. The Morgan fingerprint density at radius 1 is 0.939 bits per heavy atom. The van der Waals surface area contributed by atoms with Crippen molar-refractivity contribution in [2.45, 2.75) is 17.1 Å². The summed E-state index contributed by atoms with van der Waals surface area (Å²) in [6.45, 7) is 1.73. The Labute approximate surface area is 200 Å². The number of methoxy groups -OCH3 is 1. The van der Waals surface area contributed by atoms with E-state index < -0.39 is 11.2 Å². The zero-order valence-corrected chi connectivity index (χ0v) is 19.4. The van der Waals surface area contributed by atoms with Crippen molar-refractivity contribution in [3.8, 4) is 5.75 Å². The van der Waals surface area contributed by atoms with E-state index in [0.717, 1.165) is 4.90 Å². The molecule has 0 bridgehead atoms. The summed E-state index contributed by atoms with van der Waals surface area (Å²) in [4.78, 5) is 36.9. The normalized spacial score (nSPS) is 11.4. The summed E-state index contributed by atoms with van der Waals surface area (Å²) in [5, 5.41) is 14.4. The average molecular weight is 485 g/mol. The number of rotatable bonds is 8. The summed E-state index contributed by atoms with van der Waals surface area (Å²) in [7, 11) is 1.56. The van der Waals surface area contributed by atoms with Gasteiger partial charge in [-0.2, -0.15) is 0 Å². The quantitative estimate of drug-likeness (QED) is 0.369. The Kier molecular flexibility index (Phi) is 7.97. The molecule has 0 radical (unpaired) electrons. The predicted octanol–water partition coefficient (Wildman–Crippen LogP) is 5.42. The van der Waals surface area contributed by atoms with Gasteiger partial charge in [-0.05, 0) is 73.7 Å². The standard InChI is InChI=1S/C24H21ClN2O5S/c1-14(22(28)27-21-13-16(24(30)31)5-12-20(21)25)33-19-10-6-17(7-11-19)26-23(29)15-3-8-18(32-2)9-4-15/h3-14H,1-2H3,(H,26,29)(H,27,28)(H,30,31). The topological polar surface area (TPSA) is 105 Å². The van der Waals surface area contributed by atoms with Gasteiger partial charge in [0, 0.05) is 16.1 Å². The first-order valence-electron chi connectivity index (χ1n) is 9.82. The molecule has 33 heavy (non-hydrogen) atoms. The lowest BCUT2D eigenvalue weighted by Crippen LogP contribution is -2.22. The van der Waals surface area contributed by atoms with Crippen LogP contribution in [0.3, 0.4) is 0 Å². The van der Waals surface area contributed by atoms with E-state index in [1.807, 2.05) is 0 Å². The number of carbonyl (C=O) groups excluding carboxylic acids is 2. The summed E-state index contributed by atoms with van der Waals surface area (Å²) in [5.41, 5.74) is 1.40. The minimum atomic E-state index is -1.11. The molecule has 0 spiro atoms. The van der Waals surface area contributed by atoms with E-state index in [-0.39, 0.29) is 28.1 Å². The molecule has 0 saturated carbocycles. The number of carboxylic acid groups (broad SMARTS) is 1. The number of aromatic carboxylic acids is 1. The molecular formula is C24H21ClN2O5S. The molecule has 1 atom stereocenters. The van der Waals surface area contributed by atoms with Crippen molar-refractivity contribution < 1.29 is 24.2 Å². The monoisotopic (exact) mass is 484 g/mol. The number of benzene rings is 3. The molecule has 7 nitrogen and oxygen atoms in total. The molecule has 0 aliphatic heterocycles. The molecule has 3 aromatic carbocycles. The van der Waals surface area contributed by atoms with Crippen molar-refractivity contribution in [3.05, 3.63) is 82.9 Å². The molecular weight excluding hydrogens is 464 g/mol. The van der Waals surface area contributed by atoms with Crippen LogP contribution in [0.1, 0.15) is 27.6 Å². The highest BCUT2D eigenvalue weighted by Gasteiger charge is 2.17. The van der Waals surface area contributed by atoms with Crippen LogP contribution in [0, 0.1) is 0 Å². The summed E-state index contributed by atoms with van der Waals surface area (Å²) >= 11 is 7.39. The van der Waals surface area contributed by atoms with Crippen molar-refractivity contribution in [3.63, 3.8) is 0 Å². The fraction of sp³-hybridized carbons (Fsp3) is 0.125. The molecule has 9 heteroatoms. The first-order chi connectivity index (χ1) is 15.8. The van der Waals surface area contributed by atoms with Gasteiger partial charge in [-0.15, -0.1) is 11.8 Å². The Balaban J connectivity index is 1.58. The number of carboxylic acids is 1. The highest BCUT2D eigenvalue weighted by molar-refractivity contribution is 8.00. The SMILES string of the molecule is COc1ccc(C(=O)Nc2ccc(SC(C)C(=O)Nc3cc(C(=O)O)ccc3Cl)cc2)cc1. The van der Waals surface area contributed by atoms with Crippen LogP contribution in [-0.4, -0.2) is 35.2 Å². The van der Waals surface area contributed by atoms with Gasteiger partial charge in [0.25, 0.3) is 5.91 Å². The number of hydrogen-bond donors (Lipinski definition) is 3. The third-order valence-corrected chi connectivity index (χ3v) is 6.06. The second kappa shape index (κ2) is 10.9. The highest BCUT2D eigenvalue weighted by atomic mass is 35.5. The van der Waals surface area contributed by atoms with Gasteiger partial charge >= 0.3 is 5.97 Å². The summed E-state index contributed by atoms with van der Waals surface area (Å²) in [5.74, 6) is -1.00. The summed E-state index contributed by atoms with van der Waals surface area (Å²) in [6.07, 6.45) is 0. The minimum absolute atomic E-state index is 0.0299. The van der Waals surface area contributed by atoms with E-state index in [1.165, 1.54) is 30.0 Å². The first-order valence-corrected chi connectivity index (χ1v) is 11.1. The number of anilines is 2. The largest absolute Gasteiger partial charge is 0.497 e. The van der Waals surface area contributed by atoms with Crippen molar-refractivity contribution >= 4 is 52.5 Å². The minimum Gasteiger partial charge on any atom is -0.497 e. The zero-order valence-electron chi connectivity index (χ0n) is 17.8.